The second kappa shape index (κ2) is 8.15. The first kappa shape index (κ1) is 18.3. The summed E-state index contributed by atoms with van der Waals surface area (Å²) in [7, 11) is 0. The molecule has 5 nitrogen and oxygen atoms in total. The van der Waals surface area contributed by atoms with Crippen LogP contribution in [0, 0.1) is 6.92 Å². The standard InChI is InChI=1S/C18H22N2O3S/c1-4-13(3)19-16(22)10-20-17(23)11-24-18(20)9-15(21)14-8-6-5-7-12(14)2/h5-9,13H,4,10-11H2,1-3H3,(H,19,22)/b18-9-/t13-/m1/s1. The lowest BCUT2D eigenvalue weighted by Gasteiger charge is -2.18. The van der Waals surface area contributed by atoms with Gasteiger partial charge in [0.05, 0.1) is 10.8 Å². The van der Waals surface area contributed by atoms with Gasteiger partial charge in [0.2, 0.25) is 11.8 Å². The number of aryl methyl sites for hydroxylation is 1. The van der Waals surface area contributed by atoms with Gasteiger partial charge in [0.25, 0.3) is 0 Å². The van der Waals surface area contributed by atoms with Crippen molar-refractivity contribution in [1.82, 2.24) is 10.2 Å². The molecular formula is C18H22N2O3S. The molecule has 1 aromatic carbocycles. The normalized spacial score (nSPS) is 17.2. The van der Waals surface area contributed by atoms with Gasteiger partial charge in [-0.25, -0.2) is 0 Å². The first-order valence-electron chi connectivity index (χ1n) is 7.96. The third kappa shape index (κ3) is 4.47. The van der Waals surface area contributed by atoms with Gasteiger partial charge >= 0.3 is 0 Å². The molecule has 0 aliphatic carbocycles. The maximum atomic E-state index is 12.5. The van der Waals surface area contributed by atoms with Crippen LogP contribution in [0.3, 0.4) is 0 Å². The molecule has 1 atom stereocenters. The van der Waals surface area contributed by atoms with Crippen LogP contribution in [0.25, 0.3) is 0 Å². The van der Waals surface area contributed by atoms with Crippen LogP contribution in [-0.2, 0) is 9.59 Å². The zero-order valence-electron chi connectivity index (χ0n) is 14.2. The first-order valence-corrected chi connectivity index (χ1v) is 8.95. The number of nitrogens with one attached hydrogen (secondary N) is 1. The van der Waals surface area contributed by atoms with E-state index in [0.29, 0.717) is 10.6 Å². The Balaban J connectivity index is 2.13. The second-order valence-electron chi connectivity index (χ2n) is 5.81. The summed E-state index contributed by atoms with van der Waals surface area (Å²) in [6.07, 6.45) is 2.28. The van der Waals surface area contributed by atoms with Crippen molar-refractivity contribution < 1.29 is 14.4 Å². The molecule has 1 aliphatic heterocycles. The van der Waals surface area contributed by atoms with Crippen molar-refractivity contribution in [2.45, 2.75) is 33.2 Å². The monoisotopic (exact) mass is 346 g/mol. The molecule has 128 valence electrons. The Kier molecular flexibility index (Phi) is 6.20. The number of benzene rings is 1. The highest BCUT2D eigenvalue weighted by atomic mass is 32.2. The largest absolute Gasteiger partial charge is 0.352 e. The van der Waals surface area contributed by atoms with Crippen molar-refractivity contribution in [3.05, 3.63) is 46.5 Å². The summed E-state index contributed by atoms with van der Waals surface area (Å²) in [5, 5.41) is 3.37. The molecule has 24 heavy (non-hydrogen) atoms. The van der Waals surface area contributed by atoms with E-state index >= 15 is 0 Å². The van der Waals surface area contributed by atoms with Crippen LogP contribution in [0.15, 0.2) is 35.4 Å². The lowest BCUT2D eigenvalue weighted by Crippen LogP contribution is -2.41. The Bertz CT molecular complexity index is 685. The van der Waals surface area contributed by atoms with Crippen molar-refractivity contribution >= 4 is 29.4 Å². The summed E-state index contributed by atoms with van der Waals surface area (Å²) in [6.45, 7) is 5.71. The van der Waals surface area contributed by atoms with E-state index in [9.17, 15) is 14.4 Å². The number of thioether (sulfide) groups is 1. The van der Waals surface area contributed by atoms with Crippen LogP contribution in [-0.4, -0.2) is 40.8 Å². The predicted molar refractivity (Wildman–Crippen MR) is 95.7 cm³/mol. The average Bonchev–Trinajstić information content (AvgIpc) is 2.88. The molecule has 0 spiro atoms. The van der Waals surface area contributed by atoms with E-state index in [0.717, 1.165) is 12.0 Å². The fourth-order valence-corrected chi connectivity index (χ4v) is 3.25. The molecule has 1 N–H and O–H groups in total. The van der Waals surface area contributed by atoms with Crippen LogP contribution < -0.4 is 5.32 Å². The highest BCUT2D eigenvalue weighted by Gasteiger charge is 2.29. The SMILES string of the molecule is CC[C@@H](C)NC(=O)CN1C(=O)CS/C1=C\C(=O)c1ccccc1C. The molecule has 1 heterocycles. The Morgan fingerprint density at radius 2 is 2.08 bits per heavy atom. The minimum absolute atomic E-state index is 0.0525. The maximum absolute atomic E-state index is 12.5. The van der Waals surface area contributed by atoms with E-state index in [1.807, 2.05) is 39.0 Å². The molecule has 2 amide bonds. The van der Waals surface area contributed by atoms with E-state index in [4.69, 9.17) is 0 Å². The van der Waals surface area contributed by atoms with Crippen molar-refractivity contribution in [1.29, 1.82) is 0 Å². The smallest absolute Gasteiger partial charge is 0.240 e. The molecule has 0 unspecified atom stereocenters. The third-order valence-electron chi connectivity index (χ3n) is 3.90. The zero-order valence-corrected chi connectivity index (χ0v) is 15.0. The Hall–Kier alpha value is -2.08. The van der Waals surface area contributed by atoms with Crippen molar-refractivity contribution in [2.24, 2.45) is 0 Å². The molecular weight excluding hydrogens is 324 g/mol. The molecule has 0 radical (unpaired) electrons. The van der Waals surface area contributed by atoms with Gasteiger partial charge in [-0.05, 0) is 25.8 Å². The van der Waals surface area contributed by atoms with Crippen LogP contribution in [0.4, 0.5) is 0 Å². The summed E-state index contributed by atoms with van der Waals surface area (Å²) in [6, 6.07) is 7.37. The number of rotatable bonds is 6. The van der Waals surface area contributed by atoms with Gasteiger partial charge in [0.15, 0.2) is 5.78 Å². The van der Waals surface area contributed by atoms with Gasteiger partial charge in [0.1, 0.15) is 6.54 Å². The number of amides is 2. The number of hydrogen-bond acceptors (Lipinski definition) is 4. The van der Waals surface area contributed by atoms with Gasteiger partial charge in [-0.3, -0.25) is 19.3 Å². The van der Waals surface area contributed by atoms with Crippen LogP contribution in [0.2, 0.25) is 0 Å². The van der Waals surface area contributed by atoms with Gasteiger partial charge in [-0.15, -0.1) is 0 Å². The fourth-order valence-electron chi connectivity index (χ4n) is 2.31. The van der Waals surface area contributed by atoms with Crippen LogP contribution in [0.1, 0.15) is 36.2 Å². The molecule has 0 bridgehead atoms. The minimum atomic E-state index is -0.213. The molecule has 2 rings (SSSR count). The van der Waals surface area contributed by atoms with Gasteiger partial charge in [0, 0.05) is 17.7 Å². The lowest BCUT2D eigenvalue weighted by atomic mass is 10.1. The molecule has 0 saturated carbocycles. The van der Waals surface area contributed by atoms with Gasteiger partial charge < -0.3 is 5.32 Å². The Morgan fingerprint density at radius 3 is 2.75 bits per heavy atom. The number of nitrogens with zero attached hydrogens (tertiary/aromatic N) is 1. The molecule has 1 aromatic rings. The van der Waals surface area contributed by atoms with E-state index in [-0.39, 0.29) is 35.9 Å². The van der Waals surface area contributed by atoms with E-state index < -0.39 is 0 Å². The van der Waals surface area contributed by atoms with E-state index in [1.165, 1.54) is 22.7 Å². The van der Waals surface area contributed by atoms with E-state index in [1.54, 1.807) is 6.07 Å². The first-order chi connectivity index (χ1) is 11.4. The van der Waals surface area contributed by atoms with Gasteiger partial charge in [-0.1, -0.05) is 43.0 Å². The Labute approximate surface area is 146 Å². The fraction of sp³-hybridized carbons (Fsp3) is 0.389. The molecule has 1 saturated heterocycles. The van der Waals surface area contributed by atoms with Crippen LogP contribution >= 0.6 is 11.8 Å². The van der Waals surface area contributed by atoms with E-state index in [2.05, 4.69) is 5.32 Å². The zero-order chi connectivity index (χ0) is 17.7. The number of hydrogen-bond donors (Lipinski definition) is 1. The van der Waals surface area contributed by atoms with Crippen molar-refractivity contribution in [3.63, 3.8) is 0 Å². The number of ketones is 1. The van der Waals surface area contributed by atoms with Crippen molar-refractivity contribution in [3.8, 4) is 0 Å². The number of carbonyl (C=O) groups excluding carboxylic acids is 3. The highest BCUT2D eigenvalue weighted by Crippen LogP contribution is 2.29. The summed E-state index contributed by atoms with van der Waals surface area (Å²) in [4.78, 5) is 37.9. The molecule has 0 aromatic heterocycles. The number of carbonyl (C=O) groups is 3. The predicted octanol–water partition coefficient (Wildman–Crippen LogP) is 2.51. The summed E-state index contributed by atoms with van der Waals surface area (Å²) in [5.74, 6) is -0.265. The summed E-state index contributed by atoms with van der Waals surface area (Å²) in [5.41, 5.74) is 1.49. The topological polar surface area (TPSA) is 66.5 Å². The third-order valence-corrected chi connectivity index (χ3v) is 4.92. The lowest BCUT2D eigenvalue weighted by molar-refractivity contribution is -0.131. The average molecular weight is 346 g/mol. The quantitative estimate of drug-likeness (QED) is 0.635. The second-order valence-corrected chi connectivity index (χ2v) is 6.80. The maximum Gasteiger partial charge on any atom is 0.240 e. The Morgan fingerprint density at radius 1 is 1.38 bits per heavy atom. The number of allylic oxidation sites excluding steroid dienone is 1. The molecule has 6 heteroatoms. The highest BCUT2D eigenvalue weighted by molar-refractivity contribution is 8.04. The summed E-state index contributed by atoms with van der Waals surface area (Å²) >= 11 is 1.29. The van der Waals surface area contributed by atoms with Gasteiger partial charge in [-0.2, -0.15) is 0 Å². The minimum Gasteiger partial charge on any atom is -0.352 e. The molecule has 1 fully saturated rings. The van der Waals surface area contributed by atoms with Crippen molar-refractivity contribution in [2.75, 3.05) is 12.3 Å². The summed E-state index contributed by atoms with van der Waals surface area (Å²) < 4.78 is 0. The van der Waals surface area contributed by atoms with Crippen LogP contribution in [0.5, 0.6) is 0 Å². The molecule has 1 aliphatic rings.